The number of carbonyl (C=O) groups is 2. The minimum Gasteiger partial charge on any atom is -0.454 e. The van der Waals surface area contributed by atoms with E-state index in [9.17, 15) is 9.59 Å². The molecule has 0 unspecified atom stereocenters. The number of amides is 1. The number of fused-ring (bicyclic) bond motifs is 2. The second-order valence-corrected chi connectivity index (χ2v) is 8.72. The average Bonchev–Trinajstić information content (AvgIpc) is 3.57. The summed E-state index contributed by atoms with van der Waals surface area (Å²) in [6.07, 6.45) is 1.87. The molecule has 3 heterocycles. The van der Waals surface area contributed by atoms with Crippen LogP contribution >= 0.6 is 11.8 Å². The van der Waals surface area contributed by atoms with Crippen molar-refractivity contribution in [2.45, 2.75) is 25.2 Å². The lowest BCUT2D eigenvalue weighted by Crippen LogP contribution is -2.24. The van der Waals surface area contributed by atoms with Crippen molar-refractivity contribution in [1.29, 1.82) is 0 Å². The highest BCUT2D eigenvalue weighted by Gasteiger charge is 2.19. The third-order valence-electron chi connectivity index (χ3n) is 5.68. The highest BCUT2D eigenvalue weighted by atomic mass is 32.2. The van der Waals surface area contributed by atoms with Gasteiger partial charge in [0.1, 0.15) is 0 Å². The highest BCUT2D eigenvalue weighted by molar-refractivity contribution is 7.99. The van der Waals surface area contributed by atoms with Gasteiger partial charge in [0, 0.05) is 41.8 Å². The summed E-state index contributed by atoms with van der Waals surface area (Å²) in [7, 11) is 1.93. The van der Waals surface area contributed by atoms with Gasteiger partial charge in [-0.2, -0.15) is 0 Å². The summed E-state index contributed by atoms with van der Waals surface area (Å²) in [6, 6.07) is 12.9. The monoisotopic (exact) mass is 477 g/mol. The van der Waals surface area contributed by atoms with E-state index in [4.69, 9.17) is 9.47 Å². The van der Waals surface area contributed by atoms with Crippen LogP contribution in [0.1, 0.15) is 33.5 Å². The van der Waals surface area contributed by atoms with E-state index in [1.54, 1.807) is 18.2 Å². The Morgan fingerprint density at radius 3 is 2.79 bits per heavy atom. The zero-order valence-corrected chi connectivity index (χ0v) is 19.6. The molecule has 4 aromatic rings. The van der Waals surface area contributed by atoms with Crippen molar-refractivity contribution in [1.82, 2.24) is 24.6 Å². The van der Waals surface area contributed by atoms with Crippen LogP contribution in [-0.2, 0) is 20.1 Å². The Hall–Kier alpha value is -3.79. The first-order valence-corrected chi connectivity index (χ1v) is 11.8. The maximum absolute atomic E-state index is 12.9. The molecular weight excluding hydrogens is 454 g/mol. The fourth-order valence-electron chi connectivity index (χ4n) is 3.95. The Kier molecular flexibility index (Phi) is 5.97. The van der Waals surface area contributed by atoms with Crippen molar-refractivity contribution in [3.05, 3.63) is 65.6 Å². The van der Waals surface area contributed by atoms with E-state index in [1.165, 1.54) is 11.8 Å². The van der Waals surface area contributed by atoms with E-state index in [-0.39, 0.29) is 30.8 Å². The van der Waals surface area contributed by atoms with E-state index >= 15 is 0 Å². The summed E-state index contributed by atoms with van der Waals surface area (Å²) in [5, 5.41) is 12.9. The highest BCUT2D eigenvalue weighted by Crippen LogP contribution is 2.32. The lowest BCUT2D eigenvalue weighted by atomic mass is 10.1. The molecule has 0 radical (unpaired) electrons. The second-order valence-electron chi connectivity index (χ2n) is 7.78. The molecule has 1 amide bonds. The fraction of sp³-hybridized carbons (Fsp3) is 0.250. The van der Waals surface area contributed by atoms with Crippen LogP contribution < -0.4 is 14.8 Å². The van der Waals surface area contributed by atoms with Crippen LogP contribution in [0.3, 0.4) is 0 Å². The molecule has 0 fully saturated rings. The van der Waals surface area contributed by atoms with Gasteiger partial charge >= 0.3 is 0 Å². The van der Waals surface area contributed by atoms with Gasteiger partial charge in [-0.1, -0.05) is 30.0 Å². The van der Waals surface area contributed by atoms with Crippen molar-refractivity contribution >= 4 is 34.4 Å². The summed E-state index contributed by atoms with van der Waals surface area (Å²) in [6.45, 7) is 2.96. The Balaban J connectivity index is 1.24. The van der Waals surface area contributed by atoms with Gasteiger partial charge in [0.05, 0.1) is 12.3 Å². The fourth-order valence-corrected chi connectivity index (χ4v) is 4.85. The summed E-state index contributed by atoms with van der Waals surface area (Å²) < 4.78 is 14.5. The Labute approximate surface area is 200 Å². The lowest BCUT2D eigenvalue weighted by Gasteiger charge is -2.09. The molecule has 0 aliphatic carbocycles. The quantitative estimate of drug-likeness (QED) is 0.307. The van der Waals surface area contributed by atoms with Gasteiger partial charge in [-0.15, -0.1) is 10.2 Å². The maximum atomic E-state index is 12.9. The molecule has 5 rings (SSSR count). The van der Waals surface area contributed by atoms with Crippen molar-refractivity contribution in [3.8, 4) is 11.5 Å². The van der Waals surface area contributed by atoms with Gasteiger partial charge in [-0.3, -0.25) is 9.59 Å². The van der Waals surface area contributed by atoms with Gasteiger partial charge in [-0.25, -0.2) is 0 Å². The molecule has 1 N–H and O–H groups in total. The predicted octanol–water partition coefficient (Wildman–Crippen LogP) is 3.42. The molecule has 0 saturated carbocycles. The summed E-state index contributed by atoms with van der Waals surface area (Å²) in [4.78, 5) is 25.5. The molecule has 0 saturated heterocycles. The largest absolute Gasteiger partial charge is 0.454 e. The number of nitrogens with zero attached hydrogens (tertiary/aromatic N) is 4. The van der Waals surface area contributed by atoms with Crippen molar-refractivity contribution in [3.63, 3.8) is 0 Å². The topological polar surface area (TPSA) is 100 Å². The van der Waals surface area contributed by atoms with Crippen LogP contribution in [-0.4, -0.2) is 43.6 Å². The minimum atomic E-state index is -0.246. The van der Waals surface area contributed by atoms with E-state index < -0.39 is 0 Å². The number of nitrogens with one attached hydrogen (secondary N) is 1. The summed E-state index contributed by atoms with van der Waals surface area (Å²) >= 11 is 1.34. The van der Waals surface area contributed by atoms with Crippen molar-refractivity contribution in [2.24, 2.45) is 7.05 Å². The smallest absolute Gasteiger partial charge is 0.251 e. The zero-order valence-electron chi connectivity index (χ0n) is 18.8. The molecule has 1 aliphatic rings. The van der Waals surface area contributed by atoms with E-state index in [2.05, 4.69) is 15.5 Å². The van der Waals surface area contributed by atoms with E-state index in [0.29, 0.717) is 40.2 Å². The number of rotatable bonds is 8. The third kappa shape index (κ3) is 4.12. The van der Waals surface area contributed by atoms with Crippen molar-refractivity contribution < 1.29 is 19.1 Å². The van der Waals surface area contributed by atoms with Crippen molar-refractivity contribution in [2.75, 3.05) is 12.5 Å². The van der Waals surface area contributed by atoms with Crippen LogP contribution in [0.4, 0.5) is 0 Å². The summed E-state index contributed by atoms with van der Waals surface area (Å²) in [5.41, 5.74) is 2.19. The lowest BCUT2D eigenvalue weighted by molar-refractivity contribution is 0.0948. The number of aromatic nitrogens is 4. The number of hydrogen-bond acceptors (Lipinski definition) is 7. The molecule has 9 nitrogen and oxygen atoms in total. The van der Waals surface area contributed by atoms with Crippen LogP contribution in [0.2, 0.25) is 0 Å². The molecule has 0 spiro atoms. The number of ketones is 1. The van der Waals surface area contributed by atoms with Gasteiger partial charge in [0.2, 0.25) is 6.79 Å². The standard InChI is InChI=1S/C24H23N5O4S/c1-3-29-22(11-25-23(31)15-8-9-20-21(10-15)33-14-32-20)26-27-24(29)34-13-19(30)17-12-28(2)18-7-5-4-6-16(17)18/h4-10,12H,3,11,13-14H2,1-2H3,(H,25,31). The summed E-state index contributed by atoms with van der Waals surface area (Å²) in [5.74, 6) is 1.84. The average molecular weight is 478 g/mol. The molecule has 174 valence electrons. The maximum Gasteiger partial charge on any atom is 0.251 e. The molecule has 1 aliphatic heterocycles. The molecular formula is C24H23N5O4S. The molecule has 34 heavy (non-hydrogen) atoms. The Bertz CT molecular complexity index is 1390. The normalized spacial score (nSPS) is 12.3. The number of benzene rings is 2. The molecule has 10 heteroatoms. The van der Waals surface area contributed by atoms with Crippen LogP contribution in [0, 0.1) is 0 Å². The number of aryl methyl sites for hydroxylation is 1. The second kappa shape index (κ2) is 9.22. The Morgan fingerprint density at radius 2 is 1.94 bits per heavy atom. The SMILES string of the molecule is CCn1c(CNC(=O)c2ccc3c(c2)OCO3)nnc1SCC(=O)c1cn(C)c2ccccc12. The van der Waals surface area contributed by atoms with Crippen LogP contribution in [0.15, 0.2) is 53.8 Å². The van der Waals surface area contributed by atoms with Gasteiger partial charge in [-0.05, 0) is 31.2 Å². The predicted molar refractivity (Wildman–Crippen MR) is 127 cm³/mol. The number of ether oxygens (including phenoxy) is 2. The van der Waals surface area contributed by atoms with Crippen LogP contribution in [0.25, 0.3) is 10.9 Å². The van der Waals surface area contributed by atoms with Crippen LogP contribution in [0.5, 0.6) is 11.5 Å². The number of carbonyl (C=O) groups excluding carboxylic acids is 2. The molecule has 0 atom stereocenters. The first-order valence-electron chi connectivity index (χ1n) is 10.8. The Morgan fingerprint density at radius 1 is 1.12 bits per heavy atom. The van der Waals surface area contributed by atoms with Gasteiger partial charge in [0.25, 0.3) is 5.91 Å². The van der Waals surface area contributed by atoms with E-state index in [0.717, 1.165) is 10.9 Å². The number of hydrogen-bond donors (Lipinski definition) is 1. The van der Waals surface area contributed by atoms with Gasteiger partial charge < -0.3 is 23.9 Å². The zero-order chi connectivity index (χ0) is 23.7. The first-order chi connectivity index (χ1) is 16.5. The minimum absolute atomic E-state index is 0.0325. The van der Waals surface area contributed by atoms with E-state index in [1.807, 2.05) is 53.6 Å². The third-order valence-corrected chi connectivity index (χ3v) is 6.65. The molecule has 2 aromatic heterocycles. The number of para-hydroxylation sites is 1. The molecule has 0 bridgehead atoms. The number of Topliss-reactive ketones (excluding diaryl/α,β-unsaturated/α-hetero) is 1. The first kappa shape index (κ1) is 22.0. The molecule has 2 aromatic carbocycles. The van der Waals surface area contributed by atoms with Gasteiger partial charge in [0.15, 0.2) is 28.3 Å². The number of thioether (sulfide) groups is 1.